The quantitative estimate of drug-likeness (QED) is 0.739. The minimum absolute atomic E-state index is 0.132. The average molecular weight is 203 g/mol. The number of nitrogens with zero attached hydrogens (tertiary/aromatic N) is 1. The topological polar surface area (TPSA) is 40.5 Å². The van der Waals surface area contributed by atoms with Gasteiger partial charge in [-0.05, 0) is 25.8 Å². The summed E-state index contributed by atoms with van der Waals surface area (Å²) in [4.78, 5) is 12.7. The molecule has 1 rings (SSSR count). The second-order valence-electron chi connectivity index (χ2n) is 3.83. The van der Waals surface area contributed by atoms with Crippen molar-refractivity contribution in [1.29, 1.82) is 0 Å². The molecule has 0 aromatic heterocycles. The lowest BCUT2D eigenvalue weighted by atomic mass is 9.99. The normalized spacial score (nSPS) is 23.6. The minimum atomic E-state index is -0.748. The first-order valence-electron chi connectivity index (χ1n) is 5.26. The van der Waals surface area contributed by atoms with Crippen LogP contribution < -0.4 is 0 Å². The van der Waals surface area contributed by atoms with Crippen molar-refractivity contribution >= 4 is 5.97 Å². The first-order chi connectivity index (χ1) is 6.74. The van der Waals surface area contributed by atoms with E-state index >= 15 is 0 Å². The zero-order valence-corrected chi connectivity index (χ0v) is 8.41. The van der Waals surface area contributed by atoms with Crippen LogP contribution in [0.1, 0.15) is 32.1 Å². The fraction of sp³-hybridized carbons (Fsp3) is 0.900. The zero-order valence-electron chi connectivity index (χ0n) is 8.41. The van der Waals surface area contributed by atoms with Crippen LogP contribution in [0.15, 0.2) is 0 Å². The van der Waals surface area contributed by atoms with E-state index in [0.717, 1.165) is 25.8 Å². The van der Waals surface area contributed by atoms with E-state index in [0.29, 0.717) is 13.0 Å². The van der Waals surface area contributed by atoms with Crippen LogP contribution in [0.3, 0.4) is 0 Å². The number of alkyl halides is 1. The highest BCUT2D eigenvalue weighted by Gasteiger charge is 2.23. The predicted octanol–water partition coefficient (Wildman–Crippen LogP) is 1.68. The lowest BCUT2D eigenvalue weighted by Crippen LogP contribution is -2.41. The number of carboxylic acids is 1. The first-order valence-corrected chi connectivity index (χ1v) is 5.26. The van der Waals surface area contributed by atoms with Crippen molar-refractivity contribution in [2.75, 3.05) is 19.8 Å². The number of hydrogen-bond donors (Lipinski definition) is 1. The second kappa shape index (κ2) is 5.96. The van der Waals surface area contributed by atoms with Crippen LogP contribution in [0, 0.1) is 0 Å². The van der Waals surface area contributed by atoms with Crippen LogP contribution in [0.25, 0.3) is 0 Å². The van der Waals surface area contributed by atoms with Crippen molar-refractivity contribution in [3.8, 4) is 0 Å². The molecule has 1 atom stereocenters. The van der Waals surface area contributed by atoms with Crippen LogP contribution in [0.2, 0.25) is 0 Å². The smallest absolute Gasteiger partial charge is 0.304 e. The summed E-state index contributed by atoms with van der Waals surface area (Å²) in [7, 11) is 0. The third kappa shape index (κ3) is 3.62. The van der Waals surface area contributed by atoms with E-state index in [4.69, 9.17) is 5.11 Å². The van der Waals surface area contributed by atoms with E-state index in [2.05, 4.69) is 4.90 Å². The van der Waals surface area contributed by atoms with E-state index in [9.17, 15) is 9.18 Å². The number of carboxylic acid groups (broad SMARTS) is 1. The van der Waals surface area contributed by atoms with E-state index in [1.54, 1.807) is 0 Å². The molecule has 1 N–H and O–H groups in total. The molecule has 0 spiro atoms. The van der Waals surface area contributed by atoms with Gasteiger partial charge >= 0.3 is 5.97 Å². The molecular formula is C10H18FNO2. The highest BCUT2D eigenvalue weighted by molar-refractivity contribution is 5.67. The molecule has 0 aliphatic carbocycles. The molecule has 0 aromatic rings. The number of carbonyl (C=O) groups is 1. The number of likely N-dealkylation sites (tertiary alicyclic amines) is 1. The number of halogens is 1. The molecule has 0 bridgehead atoms. The molecule has 1 heterocycles. The van der Waals surface area contributed by atoms with Gasteiger partial charge < -0.3 is 5.11 Å². The first kappa shape index (κ1) is 11.4. The van der Waals surface area contributed by atoms with Gasteiger partial charge in [0.25, 0.3) is 0 Å². The minimum Gasteiger partial charge on any atom is -0.481 e. The van der Waals surface area contributed by atoms with Crippen molar-refractivity contribution in [3.63, 3.8) is 0 Å². The summed E-state index contributed by atoms with van der Waals surface area (Å²) in [5.74, 6) is -0.748. The molecule has 1 unspecified atom stereocenters. The molecule has 0 saturated carbocycles. The Bertz CT molecular complexity index is 187. The molecule has 1 saturated heterocycles. The van der Waals surface area contributed by atoms with E-state index < -0.39 is 5.97 Å². The molecular weight excluding hydrogens is 185 g/mol. The van der Waals surface area contributed by atoms with Gasteiger partial charge in [-0.2, -0.15) is 0 Å². The Balaban J connectivity index is 2.37. The average Bonchev–Trinajstić information content (AvgIpc) is 2.16. The number of piperidine rings is 1. The van der Waals surface area contributed by atoms with Gasteiger partial charge in [0.05, 0.1) is 13.1 Å². The fourth-order valence-electron chi connectivity index (χ4n) is 2.05. The van der Waals surface area contributed by atoms with Gasteiger partial charge in [0, 0.05) is 12.6 Å². The number of rotatable bonds is 5. The largest absolute Gasteiger partial charge is 0.481 e. The molecule has 14 heavy (non-hydrogen) atoms. The van der Waals surface area contributed by atoms with E-state index in [-0.39, 0.29) is 19.1 Å². The Morgan fingerprint density at radius 3 is 2.93 bits per heavy atom. The summed E-state index contributed by atoms with van der Waals surface area (Å²) in [5, 5.41) is 8.71. The molecule has 3 nitrogen and oxygen atoms in total. The lowest BCUT2D eigenvalue weighted by molar-refractivity contribution is -0.138. The summed E-state index contributed by atoms with van der Waals surface area (Å²) in [5.41, 5.74) is 0. The Morgan fingerprint density at radius 1 is 1.50 bits per heavy atom. The van der Waals surface area contributed by atoms with Gasteiger partial charge in [0.2, 0.25) is 0 Å². The summed E-state index contributed by atoms with van der Waals surface area (Å²) in [6.45, 7) is 1.32. The molecule has 4 heteroatoms. The standard InChI is InChI=1S/C10H18FNO2/c11-5-3-7-12-6-2-1-4-9(12)8-10(13)14/h9H,1-8H2,(H,13,14). The maximum Gasteiger partial charge on any atom is 0.304 e. The maximum absolute atomic E-state index is 12.0. The van der Waals surface area contributed by atoms with Crippen molar-refractivity contribution in [3.05, 3.63) is 0 Å². The molecule has 0 radical (unpaired) electrons. The SMILES string of the molecule is O=C(O)CC1CCCCN1CCCF. The third-order valence-corrected chi connectivity index (χ3v) is 2.74. The van der Waals surface area contributed by atoms with Crippen molar-refractivity contribution < 1.29 is 14.3 Å². The molecule has 1 fully saturated rings. The molecule has 1 aliphatic heterocycles. The summed E-state index contributed by atoms with van der Waals surface area (Å²) >= 11 is 0. The highest BCUT2D eigenvalue weighted by atomic mass is 19.1. The van der Waals surface area contributed by atoms with Crippen molar-refractivity contribution in [1.82, 2.24) is 4.90 Å². The molecule has 0 aromatic carbocycles. The van der Waals surface area contributed by atoms with Crippen LogP contribution in [0.4, 0.5) is 4.39 Å². The monoisotopic (exact) mass is 203 g/mol. The second-order valence-corrected chi connectivity index (χ2v) is 3.83. The summed E-state index contributed by atoms with van der Waals surface area (Å²) in [6.07, 6.45) is 3.88. The van der Waals surface area contributed by atoms with Gasteiger partial charge in [-0.25, -0.2) is 0 Å². The summed E-state index contributed by atoms with van der Waals surface area (Å²) < 4.78 is 12.0. The Morgan fingerprint density at radius 2 is 2.29 bits per heavy atom. The van der Waals surface area contributed by atoms with Crippen LogP contribution in [-0.2, 0) is 4.79 Å². The van der Waals surface area contributed by atoms with E-state index in [1.807, 2.05) is 0 Å². The zero-order chi connectivity index (χ0) is 10.4. The Hall–Kier alpha value is -0.640. The maximum atomic E-state index is 12.0. The molecule has 0 amide bonds. The highest BCUT2D eigenvalue weighted by Crippen LogP contribution is 2.19. The van der Waals surface area contributed by atoms with Crippen LogP contribution in [0.5, 0.6) is 0 Å². The molecule has 82 valence electrons. The predicted molar refractivity (Wildman–Crippen MR) is 52.1 cm³/mol. The number of hydrogen-bond acceptors (Lipinski definition) is 2. The van der Waals surface area contributed by atoms with Gasteiger partial charge in [-0.1, -0.05) is 6.42 Å². The van der Waals surface area contributed by atoms with Gasteiger partial charge in [0.15, 0.2) is 0 Å². The Kier molecular flexibility index (Phi) is 4.87. The Labute approximate surface area is 83.9 Å². The van der Waals surface area contributed by atoms with E-state index in [1.165, 1.54) is 0 Å². The summed E-state index contributed by atoms with van der Waals surface area (Å²) in [6, 6.07) is 0.132. The third-order valence-electron chi connectivity index (χ3n) is 2.74. The fourth-order valence-corrected chi connectivity index (χ4v) is 2.05. The lowest BCUT2D eigenvalue weighted by Gasteiger charge is -2.34. The van der Waals surface area contributed by atoms with Gasteiger partial charge in [-0.3, -0.25) is 14.1 Å². The number of aliphatic carboxylic acids is 1. The molecule has 1 aliphatic rings. The van der Waals surface area contributed by atoms with Gasteiger partial charge in [-0.15, -0.1) is 0 Å². The van der Waals surface area contributed by atoms with Gasteiger partial charge in [0.1, 0.15) is 0 Å². The van der Waals surface area contributed by atoms with Crippen LogP contribution >= 0.6 is 0 Å². The van der Waals surface area contributed by atoms with Crippen LogP contribution in [-0.4, -0.2) is 41.8 Å². The van der Waals surface area contributed by atoms with Crippen molar-refractivity contribution in [2.24, 2.45) is 0 Å². The van der Waals surface area contributed by atoms with Crippen molar-refractivity contribution in [2.45, 2.75) is 38.1 Å².